The average Bonchev–Trinajstić information content (AvgIpc) is 2.28. The molecule has 1 atom stereocenters. The van der Waals surface area contributed by atoms with E-state index in [2.05, 4.69) is 25.9 Å². The highest BCUT2D eigenvalue weighted by Crippen LogP contribution is 2.19. The second-order valence-corrected chi connectivity index (χ2v) is 5.65. The first-order valence-corrected chi connectivity index (χ1v) is 6.63. The molecule has 1 unspecified atom stereocenters. The summed E-state index contributed by atoms with van der Waals surface area (Å²) in [5.41, 5.74) is 5.41. The standard InChI is InChI=1S/C13H27N3O/c1-5-8-13(2,14)12(17)16-9-6-11(7-10-16)15(3)4/h11H,5-10,14H2,1-4H3. The molecule has 100 valence electrons. The van der Waals surface area contributed by atoms with E-state index in [1.54, 1.807) is 0 Å². The van der Waals surface area contributed by atoms with E-state index < -0.39 is 5.54 Å². The van der Waals surface area contributed by atoms with Crippen LogP contribution in [0.25, 0.3) is 0 Å². The molecule has 1 fully saturated rings. The van der Waals surface area contributed by atoms with E-state index >= 15 is 0 Å². The Labute approximate surface area is 105 Å². The molecule has 0 saturated carbocycles. The lowest BCUT2D eigenvalue weighted by Gasteiger charge is -2.38. The van der Waals surface area contributed by atoms with E-state index in [-0.39, 0.29) is 5.91 Å². The summed E-state index contributed by atoms with van der Waals surface area (Å²) in [6, 6.07) is 0.606. The van der Waals surface area contributed by atoms with Crippen molar-refractivity contribution in [1.82, 2.24) is 9.80 Å². The van der Waals surface area contributed by atoms with Gasteiger partial charge in [0.05, 0.1) is 5.54 Å². The zero-order valence-corrected chi connectivity index (χ0v) is 11.7. The van der Waals surface area contributed by atoms with Gasteiger partial charge in [0.1, 0.15) is 0 Å². The molecule has 0 bridgehead atoms. The van der Waals surface area contributed by atoms with E-state index in [4.69, 9.17) is 5.73 Å². The lowest BCUT2D eigenvalue weighted by Crippen LogP contribution is -2.56. The Kier molecular flexibility index (Phi) is 4.95. The minimum atomic E-state index is -0.681. The van der Waals surface area contributed by atoms with Gasteiger partial charge in [0.15, 0.2) is 0 Å². The summed E-state index contributed by atoms with van der Waals surface area (Å²) in [5, 5.41) is 0. The fourth-order valence-corrected chi connectivity index (χ4v) is 2.57. The van der Waals surface area contributed by atoms with E-state index in [0.717, 1.165) is 38.8 Å². The number of nitrogens with zero attached hydrogens (tertiary/aromatic N) is 2. The van der Waals surface area contributed by atoms with Crippen molar-refractivity contribution in [3.63, 3.8) is 0 Å². The third-order valence-electron chi connectivity index (χ3n) is 3.74. The number of hydrogen-bond donors (Lipinski definition) is 1. The highest BCUT2D eigenvalue weighted by atomic mass is 16.2. The molecule has 1 heterocycles. The number of rotatable bonds is 4. The third kappa shape index (κ3) is 3.68. The maximum Gasteiger partial charge on any atom is 0.242 e. The quantitative estimate of drug-likeness (QED) is 0.800. The Morgan fingerprint density at radius 2 is 1.94 bits per heavy atom. The SMILES string of the molecule is CCCC(C)(N)C(=O)N1CCC(N(C)C)CC1. The van der Waals surface area contributed by atoms with Crippen LogP contribution in [0.2, 0.25) is 0 Å². The number of nitrogens with two attached hydrogens (primary N) is 1. The van der Waals surface area contributed by atoms with Gasteiger partial charge in [-0.15, -0.1) is 0 Å². The van der Waals surface area contributed by atoms with E-state index in [1.165, 1.54) is 0 Å². The van der Waals surface area contributed by atoms with Gasteiger partial charge in [-0.1, -0.05) is 13.3 Å². The van der Waals surface area contributed by atoms with Gasteiger partial charge in [0.2, 0.25) is 5.91 Å². The molecule has 1 rings (SSSR count). The number of hydrogen-bond acceptors (Lipinski definition) is 3. The van der Waals surface area contributed by atoms with Crippen LogP contribution in [0.4, 0.5) is 0 Å². The predicted octanol–water partition coefficient (Wildman–Crippen LogP) is 1.06. The first kappa shape index (κ1) is 14.5. The largest absolute Gasteiger partial charge is 0.341 e. The Balaban J connectivity index is 2.51. The van der Waals surface area contributed by atoms with Crippen LogP contribution in [0.5, 0.6) is 0 Å². The molecular weight excluding hydrogens is 214 g/mol. The van der Waals surface area contributed by atoms with Gasteiger partial charge in [-0.3, -0.25) is 4.79 Å². The average molecular weight is 241 g/mol. The fraction of sp³-hybridized carbons (Fsp3) is 0.923. The van der Waals surface area contributed by atoms with Crippen LogP contribution >= 0.6 is 0 Å². The summed E-state index contributed by atoms with van der Waals surface area (Å²) in [4.78, 5) is 16.5. The lowest BCUT2D eigenvalue weighted by atomic mass is 9.94. The summed E-state index contributed by atoms with van der Waals surface area (Å²) in [7, 11) is 4.21. The van der Waals surface area contributed by atoms with Crippen molar-refractivity contribution >= 4 is 5.91 Å². The van der Waals surface area contributed by atoms with Crippen LogP contribution < -0.4 is 5.73 Å². The molecule has 1 aliphatic rings. The van der Waals surface area contributed by atoms with Crippen LogP contribution in [0.3, 0.4) is 0 Å². The summed E-state index contributed by atoms with van der Waals surface area (Å²) in [5.74, 6) is 0.122. The van der Waals surface area contributed by atoms with Gasteiger partial charge in [-0.05, 0) is 40.3 Å². The monoisotopic (exact) mass is 241 g/mol. The zero-order valence-electron chi connectivity index (χ0n) is 11.7. The minimum absolute atomic E-state index is 0.122. The zero-order chi connectivity index (χ0) is 13.1. The second kappa shape index (κ2) is 5.83. The molecule has 4 heteroatoms. The van der Waals surface area contributed by atoms with E-state index in [1.807, 2.05) is 11.8 Å². The topological polar surface area (TPSA) is 49.6 Å². The first-order chi connectivity index (χ1) is 7.88. The van der Waals surface area contributed by atoms with Crippen molar-refractivity contribution in [3.05, 3.63) is 0 Å². The van der Waals surface area contributed by atoms with Gasteiger partial charge in [0.25, 0.3) is 0 Å². The van der Waals surface area contributed by atoms with Crippen LogP contribution in [-0.4, -0.2) is 54.5 Å². The Hall–Kier alpha value is -0.610. The number of likely N-dealkylation sites (tertiary alicyclic amines) is 1. The number of piperidine rings is 1. The Morgan fingerprint density at radius 3 is 2.35 bits per heavy atom. The number of carbonyl (C=O) groups excluding carboxylic acids is 1. The van der Waals surface area contributed by atoms with Gasteiger partial charge in [-0.25, -0.2) is 0 Å². The summed E-state index contributed by atoms with van der Waals surface area (Å²) in [6.45, 7) is 5.61. The second-order valence-electron chi connectivity index (χ2n) is 5.65. The summed E-state index contributed by atoms with van der Waals surface area (Å²) < 4.78 is 0. The van der Waals surface area contributed by atoms with E-state index in [9.17, 15) is 4.79 Å². The van der Waals surface area contributed by atoms with Crippen molar-refractivity contribution in [2.45, 2.75) is 51.1 Å². The molecule has 0 spiro atoms. The molecule has 17 heavy (non-hydrogen) atoms. The number of amides is 1. The van der Waals surface area contributed by atoms with Crippen molar-refractivity contribution in [1.29, 1.82) is 0 Å². The molecule has 0 aromatic carbocycles. The van der Waals surface area contributed by atoms with Crippen molar-refractivity contribution < 1.29 is 4.79 Å². The maximum absolute atomic E-state index is 12.3. The van der Waals surface area contributed by atoms with Crippen molar-refractivity contribution in [2.24, 2.45) is 5.73 Å². The molecule has 4 nitrogen and oxygen atoms in total. The smallest absolute Gasteiger partial charge is 0.242 e. The van der Waals surface area contributed by atoms with Gasteiger partial charge in [0, 0.05) is 19.1 Å². The Morgan fingerprint density at radius 1 is 1.41 bits per heavy atom. The van der Waals surface area contributed by atoms with Crippen LogP contribution in [0.1, 0.15) is 39.5 Å². The normalized spacial score (nSPS) is 21.6. The van der Waals surface area contributed by atoms with Gasteiger partial charge >= 0.3 is 0 Å². The van der Waals surface area contributed by atoms with Gasteiger partial charge in [-0.2, -0.15) is 0 Å². The summed E-state index contributed by atoms with van der Waals surface area (Å²) in [6.07, 6.45) is 3.83. The third-order valence-corrected chi connectivity index (χ3v) is 3.74. The first-order valence-electron chi connectivity index (χ1n) is 6.63. The van der Waals surface area contributed by atoms with Crippen LogP contribution in [0.15, 0.2) is 0 Å². The molecule has 2 N–H and O–H groups in total. The van der Waals surface area contributed by atoms with Crippen molar-refractivity contribution in [3.8, 4) is 0 Å². The molecular formula is C13H27N3O. The molecule has 1 aliphatic heterocycles. The summed E-state index contributed by atoms with van der Waals surface area (Å²) >= 11 is 0. The molecule has 1 saturated heterocycles. The molecule has 0 aliphatic carbocycles. The molecule has 0 aromatic heterocycles. The highest BCUT2D eigenvalue weighted by Gasteiger charge is 2.33. The van der Waals surface area contributed by atoms with Crippen LogP contribution in [0, 0.1) is 0 Å². The van der Waals surface area contributed by atoms with Crippen LogP contribution in [-0.2, 0) is 4.79 Å². The number of carbonyl (C=O) groups is 1. The fourth-order valence-electron chi connectivity index (χ4n) is 2.57. The minimum Gasteiger partial charge on any atom is -0.341 e. The predicted molar refractivity (Wildman–Crippen MR) is 70.8 cm³/mol. The maximum atomic E-state index is 12.3. The van der Waals surface area contributed by atoms with Gasteiger partial charge < -0.3 is 15.5 Å². The highest BCUT2D eigenvalue weighted by molar-refractivity contribution is 5.85. The molecule has 1 amide bonds. The van der Waals surface area contributed by atoms with Crippen molar-refractivity contribution in [2.75, 3.05) is 27.2 Å². The molecule has 0 radical (unpaired) electrons. The molecule has 0 aromatic rings. The van der Waals surface area contributed by atoms with E-state index in [0.29, 0.717) is 6.04 Å². The Bertz CT molecular complexity index is 255. The lowest BCUT2D eigenvalue weighted by molar-refractivity contribution is -0.138.